The van der Waals surface area contributed by atoms with Gasteiger partial charge in [0, 0.05) is 37.9 Å². The van der Waals surface area contributed by atoms with E-state index in [4.69, 9.17) is 27.4 Å². The molecule has 0 unspecified atom stereocenters. The average molecular weight is 282 g/mol. The molecule has 0 aliphatic carbocycles. The molecule has 0 atom stereocenters. The molecule has 0 heterocycles. The summed E-state index contributed by atoms with van der Waals surface area (Å²) in [4.78, 5) is 2.63. The van der Waals surface area contributed by atoms with Crippen molar-refractivity contribution in [2.24, 2.45) is 5.73 Å². The van der Waals surface area contributed by atoms with Crippen LogP contribution in [0.25, 0.3) is 0 Å². The maximum Gasteiger partial charge on any atom is 0.123 e. The van der Waals surface area contributed by atoms with Crippen molar-refractivity contribution in [3.63, 3.8) is 0 Å². The summed E-state index contributed by atoms with van der Waals surface area (Å²) in [5, 5.41) is 0. The molecule has 106 valence electrons. The first-order chi connectivity index (χ1) is 9.08. The first-order valence-corrected chi connectivity index (χ1v) is 6.63. The molecule has 0 spiro atoms. The summed E-state index contributed by atoms with van der Waals surface area (Å²) in [5.41, 5.74) is 7.63. The van der Waals surface area contributed by atoms with Gasteiger partial charge in [-0.15, -0.1) is 0 Å². The molecule has 0 aliphatic heterocycles. The fourth-order valence-corrected chi connectivity index (χ4v) is 2.03. The quantitative estimate of drug-likeness (QED) is 0.582. The van der Waals surface area contributed by atoms with Crippen molar-refractivity contribution < 1.29 is 9.47 Å². The maximum absolute atomic E-state index is 5.66. The molecule has 0 saturated heterocycles. The monoisotopic (exact) mass is 282 g/mol. The molecule has 0 aliphatic rings. The number of nitrogens with zero attached hydrogens (tertiary/aromatic N) is 1. The molecule has 0 amide bonds. The molecule has 0 saturated carbocycles. The van der Waals surface area contributed by atoms with Crippen LogP contribution < -0.4 is 10.5 Å². The number of thiocarbonyl (C=S) groups is 1. The largest absolute Gasteiger partial charge is 0.496 e. The van der Waals surface area contributed by atoms with Gasteiger partial charge >= 0.3 is 0 Å². The van der Waals surface area contributed by atoms with E-state index in [1.54, 1.807) is 14.2 Å². The fraction of sp³-hybridized carbons (Fsp3) is 0.500. The van der Waals surface area contributed by atoms with Crippen molar-refractivity contribution in [3.05, 3.63) is 29.3 Å². The zero-order valence-electron chi connectivity index (χ0n) is 11.8. The SMILES string of the molecule is COCCCN(C)Cc1cc(C(N)=S)ccc1OC. The average Bonchev–Trinajstić information content (AvgIpc) is 2.38. The van der Waals surface area contributed by atoms with E-state index in [0.29, 0.717) is 4.99 Å². The smallest absolute Gasteiger partial charge is 0.123 e. The van der Waals surface area contributed by atoms with E-state index < -0.39 is 0 Å². The Morgan fingerprint density at radius 2 is 2.11 bits per heavy atom. The second-order valence-corrected chi connectivity index (χ2v) is 4.91. The van der Waals surface area contributed by atoms with E-state index in [0.717, 1.165) is 43.0 Å². The van der Waals surface area contributed by atoms with Crippen molar-refractivity contribution in [2.45, 2.75) is 13.0 Å². The lowest BCUT2D eigenvalue weighted by Crippen LogP contribution is -2.21. The highest BCUT2D eigenvalue weighted by molar-refractivity contribution is 7.80. The Morgan fingerprint density at radius 3 is 2.68 bits per heavy atom. The molecule has 2 N–H and O–H groups in total. The summed E-state index contributed by atoms with van der Waals surface area (Å²) in [6, 6.07) is 5.79. The Balaban J connectivity index is 2.74. The number of hydrogen-bond acceptors (Lipinski definition) is 4. The van der Waals surface area contributed by atoms with E-state index in [9.17, 15) is 0 Å². The van der Waals surface area contributed by atoms with Crippen LogP contribution in [0.1, 0.15) is 17.5 Å². The fourth-order valence-electron chi connectivity index (χ4n) is 1.90. The number of hydrogen-bond donors (Lipinski definition) is 1. The molecular formula is C14H22N2O2S. The van der Waals surface area contributed by atoms with Gasteiger partial charge in [-0.05, 0) is 31.7 Å². The molecule has 4 nitrogen and oxygen atoms in total. The van der Waals surface area contributed by atoms with Gasteiger partial charge < -0.3 is 20.1 Å². The van der Waals surface area contributed by atoms with E-state index >= 15 is 0 Å². The van der Waals surface area contributed by atoms with E-state index in [1.807, 2.05) is 18.2 Å². The Hall–Kier alpha value is -1.17. The molecule has 19 heavy (non-hydrogen) atoms. The number of methoxy groups -OCH3 is 2. The zero-order valence-corrected chi connectivity index (χ0v) is 12.6. The van der Waals surface area contributed by atoms with Gasteiger partial charge in [-0.25, -0.2) is 0 Å². The minimum atomic E-state index is 0.408. The summed E-state index contributed by atoms with van der Waals surface area (Å²) >= 11 is 5.01. The minimum Gasteiger partial charge on any atom is -0.496 e. The highest BCUT2D eigenvalue weighted by atomic mass is 32.1. The third-order valence-corrected chi connectivity index (χ3v) is 3.13. The van der Waals surface area contributed by atoms with Crippen LogP contribution in [0.5, 0.6) is 5.75 Å². The van der Waals surface area contributed by atoms with Gasteiger partial charge in [0.15, 0.2) is 0 Å². The van der Waals surface area contributed by atoms with Crippen LogP contribution >= 0.6 is 12.2 Å². The van der Waals surface area contributed by atoms with Crippen molar-refractivity contribution in [2.75, 3.05) is 34.4 Å². The second-order valence-electron chi connectivity index (χ2n) is 4.48. The Bertz CT molecular complexity index is 424. The lowest BCUT2D eigenvalue weighted by molar-refractivity contribution is 0.178. The lowest BCUT2D eigenvalue weighted by Gasteiger charge is -2.18. The highest BCUT2D eigenvalue weighted by Gasteiger charge is 2.08. The van der Waals surface area contributed by atoms with Crippen LogP contribution in [0.2, 0.25) is 0 Å². The predicted molar refractivity (Wildman–Crippen MR) is 81.7 cm³/mol. The minimum absolute atomic E-state index is 0.408. The van der Waals surface area contributed by atoms with Crippen LogP contribution in [0.15, 0.2) is 18.2 Å². The molecule has 1 rings (SSSR count). The third kappa shape index (κ3) is 5.14. The summed E-state index contributed by atoms with van der Waals surface area (Å²) in [6.45, 7) is 2.53. The maximum atomic E-state index is 5.66. The van der Waals surface area contributed by atoms with Gasteiger partial charge in [0.2, 0.25) is 0 Å². The van der Waals surface area contributed by atoms with Crippen LogP contribution in [0.3, 0.4) is 0 Å². The van der Waals surface area contributed by atoms with Gasteiger partial charge in [-0.3, -0.25) is 0 Å². The molecular weight excluding hydrogens is 260 g/mol. The highest BCUT2D eigenvalue weighted by Crippen LogP contribution is 2.21. The third-order valence-electron chi connectivity index (χ3n) is 2.89. The first kappa shape index (κ1) is 15.9. The van der Waals surface area contributed by atoms with Crippen molar-refractivity contribution in [1.82, 2.24) is 4.90 Å². The van der Waals surface area contributed by atoms with Crippen LogP contribution in [0, 0.1) is 0 Å². The van der Waals surface area contributed by atoms with Crippen LogP contribution in [0.4, 0.5) is 0 Å². The van der Waals surface area contributed by atoms with Gasteiger partial charge in [0.1, 0.15) is 10.7 Å². The van der Waals surface area contributed by atoms with E-state index in [1.165, 1.54) is 0 Å². The molecule has 0 radical (unpaired) electrons. The van der Waals surface area contributed by atoms with Crippen LogP contribution in [-0.2, 0) is 11.3 Å². The van der Waals surface area contributed by atoms with Gasteiger partial charge in [-0.1, -0.05) is 12.2 Å². The standard InChI is InChI=1S/C14H22N2O2S/c1-16(7-4-8-17-2)10-12-9-11(14(15)19)5-6-13(12)18-3/h5-6,9H,4,7-8,10H2,1-3H3,(H2,15,19). The molecule has 0 aromatic heterocycles. The van der Waals surface area contributed by atoms with E-state index in [2.05, 4.69) is 11.9 Å². The number of nitrogens with two attached hydrogens (primary N) is 1. The summed E-state index contributed by atoms with van der Waals surface area (Å²) in [5.74, 6) is 0.860. The van der Waals surface area contributed by atoms with E-state index in [-0.39, 0.29) is 0 Å². The Labute approximate surface area is 120 Å². The van der Waals surface area contributed by atoms with Gasteiger partial charge in [0.25, 0.3) is 0 Å². The summed E-state index contributed by atoms with van der Waals surface area (Å²) in [7, 11) is 5.46. The van der Waals surface area contributed by atoms with Crippen molar-refractivity contribution in [1.29, 1.82) is 0 Å². The normalized spacial score (nSPS) is 10.7. The molecule has 0 fully saturated rings. The summed E-state index contributed by atoms with van der Waals surface area (Å²) in [6.07, 6.45) is 1.00. The van der Waals surface area contributed by atoms with Gasteiger partial charge in [0.05, 0.1) is 7.11 Å². The predicted octanol–water partition coefficient (Wildman–Crippen LogP) is 1.80. The second kappa shape index (κ2) is 8.09. The van der Waals surface area contributed by atoms with Crippen LogP contribution in [-0.4, -0.2) is 44.3 Å². The van der Waals surface area contributed by atoms with Crippen molar-refractivity contribution >= 4 is 17.2 Å². The summed E-state index contributed by atoms with van der Waals surface area (Å²) < 4.78 is 10.4. The Kier molecular flexibility index (Phi) is 6.77. The topological polar surface area (TPSA) is 47.7 Å². The lowest BCUT2D eigenvalue weighted by atomic mass is 10.1. The first-order valence-electron chi connectivity index (χ1n) is 6.22. The van der Waals surface area contributed by atoms with Gasteiger partial charge in [-0.2, -0.15) is 0 Å². The number of ether oxygens (including phenoxy) is 2. The van der Waals surface area contributed by atoms with Crippen molar-refractivity contribution in [3.8, 4) is 5.75 Å². The molecule has 5 heteroatoms. The Morgan fingerprint density at radius 1 is 1.37 bits per heavy atom. The molecule has 1 aromatic carbocycles. The molecule has 0 bridgehead atoms. The molecule has 1 aromatic rings. The number of rotatable bonds is 8. The zero-order chi connectivity index (χ0) is 14.3. The number of benzene rings is 1.